The highest BCUT2D eigenvalue weighted by atomic mass is 79.9. The molecule has 1 aromatic heterocycles. The van der Waals surface area contributed by atoms with Crippen molar-refractivity contribution >= 4 is 27.5 Å². The second-order valence-electron chi connectivity index (χ2n) is 2.31. The maximum absolute atomic E-state index is 4.23. The van der Waals surface area contributed by atoms with E-state index in [0.717, 1.165) is 15.7 Å². The molecule has 3 heteroatoms. The molecule has 0 aliphatic rings. The minimum atomic E-state index is 0.943. The predicted octanol–water partition coefficient (Wildman–Crippen LogP) is 3.37. The van der Waals surface area contributed by atoms with Crippen LogP contribution >= 0.6 is 27.5 Å². The molecule has 12 heavy (non-hydrogen) atoms. The summed E-state index contributed by atoms with van der Waals surface area (Å²) in [7, 11) is 0. The highest BCUT2D eigenvalue weighted by molar-refractivity contribution is 9.10. The van der Waals surface area contributed by atoms with Crippen LogP contribution in [0.25, 0.3) is 11.3 Å². The first kappa shape index (κ1) is 7.95. The zero-order valence-corrected chi connectivity index (χ0v) is 8.52. The van der Waals surface area contributed by atoms with Gasteiger partial charge in [-0.1, -0.05) is 30.3 Å². The molecule has 0 unspecified atom stereocenters. The van der Waals surface area contributed by atoms with E-state index in [2.05, 4.69) is 25.7 Å². The lowest BCUT2D eigenvalue weighted by Gasteiger charge is -1.94. The molecular weight excluding hydrogens is 234 g/mol. The Bertz CT molecular complexity index is 369. The SMILES string of the molecule is Brc1[c]snc1-c1ccccc1. The predicted molar refractivity (Wildman–Crippen MR) is 54.1 cm³/mol. The van der Waals surface area contributed by atoms with Crippen molar-refractivity contribution in [1.29, 1.82) is 0 Å². The van der Waals surface area contributed by atoms with Crippen molar-refractivity contribution in [3.05, 3.63) is 40.2 Å². The molecule has 0 atom stereocenters. The molecule has 0 aliphatic carbocycles. The summed E-state index contributed by atoms with van der Waals surface area (Å²) in [5.74, 6) is 0. The Balaban J connectivity index is 2.51. The Hall–Kier alpha value is -0.670. The molecule has 2 rings (SSSR count). The molecule has 59 valence electrons. The summed E-state index contributed by atoms with van der Waals surface area (Å²) in [5.41, 5.74) is 2.10. The van der Waals surface area contributed by atoms with Gasteiger partial charge < -0.3 is 0 Å². The third-order valence-electron chi connectivity index (χ3n) is 1.53. The third-order valence-corrected chi connectivity index (χ3v) is 2.93. The van der Waals surface area contributed by atoms with Gasteiger partial charge in [0.1, 0.15) is 0 Å². The summed E-state index contributed by atoms with van der Waals surface area (Å²) < 4.78 is 5.17. The molecule has 1 radical (unpaired) electrons. The highest BCUT2D eigenvalue weighted by Gasteiger charge is 2.04. The summed E-state index contributed by atoms with van der Waals surface area (Å²) in [6.07, 6.45) is 0. The Labute approximate surface area is 83.4 Å². The normalized spacial score (nSPS) is 10.1. The Morgan fingerprint density at radius 1 is 1.25 bits per heavy atom. The van der Waals surface area contributed by atoms with Gasteiger partial charge in [0.2, 0.25) is 0 Å². The number of aromatic nitrogens is 1. The molecule has 0 saturated heterocycles. The fourth-order valence-electron chi connectivity index (χ4n) is 0.972. The van der Waals surface area contributed by atoms with Crippen LogP contribution in [-0.2, 0) is 0 Å². The van der Waals surface area contributed by atoms with Crippen molar-refractivity contribution in [3.63, 3.8) is 0 Å². The van der Waals surface area contributed by atoms with Crippen LogP contribution in [0.2, 0.25) is 0 Å². The quantitative estimate of drug-likeness (QED) is 0.743. The van der Waals surface area contributed by atoms with Crippen LogP contribution < -0.4 is 0 Å². The topological polar surface area (TPSA) is 12.9 Å². The molecule has 0 bridgehead atoms. The van der Waals surface area contributed by atoms with Crippen LogP contribution in [0.4, 0.5) is 0 Å². The van der Waals surface area contributed by atoms with Gasteiger partial charge >= 0.3 is 0 Å². The minimum absolute atomic E-state index is 0.943. The first-order valence-corrected chi connectivity index (χ1v) is 5.03. The second-order valence-corrected chi connectivity index (χ2v) is 3.68. The smallest absolute Gasteiger partial charge is 0.0989 e. The van der Waals surface area contributed by atoms with Gasteiger partial charge in [0.05, 0.1) is 15.5 Å². The average Bonchev–Trinajstić information content (AvgIpc) is 2.53. The van der Waals surface area contributed by atoms with Crippen molar-refractivity contribution in [2.45, 2.75) is 0 Å². The molecule has 2 aromatic rings. The van der Waals surface area contributed by atoms with Crippen LogP contribution in [0.1, 0.15) is 0 Å². The first-order chi connectivity index (χ1) is 5.88. The molecule has 0 spiro atoms. The zero-order valence-electron chi connectivity index (χ0n) is 6.12. The van der Waals surface area contributed by atoms with Gasteiger partial charge in [-0.2, -0.15) is 4.37 Å². The zero-order chi connectivity index (χ0) is 8.39. The van der Waals surface area contributed by atoms with Gasteiger partial charge in [0, 0.05) is 5.56 Å². The van der Waals surface area contributed by atoms with E-state index >= 15 is 0 Å². The first-order valence-electron chi connectivity index (χ1n) is 3.46. The van der Waals surface area contributed by atoms with Gasteiger partial charge in [-0.3, -0.25) is 0 Å². The number of halogens is 1. The Morgan fingerprint density at radius 3 is 2.58 bits per heavy atom. The molecule has 0 aliphatic heterocycles. The largest absolute Gasteiger partial charge is 0.191 e. The Kier molecular flexibility index (Phi) is 2.23. The van der Waals surface area contributed by atoms with Crippen LogP contribution in [0, 0.1) is 5.38 Å². The van der Waals surface area contributed by atoms with Crippen molar-refractivity contribution in [3.8, 4) is 11.3 Å². The summed E-state index contributed by atoms with van der Waals surface area (Å²) >= 11 is 4.73. The molecule has 1 aromatic carbocycles. The lowest BCUT2D eigenvalue weighted by molar-refractivity contribution is 1.50. The number of benzene rings is 1. The molecular formula is C9H5BrNS. The molecule has 0 saturated carbocycles. The fourth-order valence-corrected chi connectivity index (χ4v) is 2.13. The van der Waals surface area contributed by atoms with Crippen LogP contribution in [0.5, 0.6) is 0 Å². The number of nitrogens with zero attached hydrogens (tertiary/aromatic N) is 1. The van der Waals surface area contributed by atoms with E-state index in [1.165, 1.54) is 11.5 Å². The highest BCUT2D eigenvalue weighted by Crippen LogP contribution is 2.27. The molecule has 0 fully saturated rings. The van der Waals surface area contributed by atoms with Gasteiger partial charge in [0.25, 0.3) is 0 Å². The van der Waals surface area contributed by atoms with Crippen LogP contribution in [-0.4, -0.2) is 4.37 Å². The van der Waals surface area contributed by atoms with Gasteiger partial charge in [-0.15, -0.1) is 0 Å². The van der Waals surface area contributed by atoms with E-state index in [1.807, 2.05) is 30.3 Å². The lowest BCUT2D eigenvalue weighted by atomic mass is 10.2. The van der Waals surface area contributed by atoms with Crippen molar-refractivity contribution in [2.75, 3.05) is 0 Å². The van der Waals surface area contributed by atoms with E-state index in [-0.39, 0.29) is 0 Å². The Morgan fingerprint density at radius 2 is 2.00 bits per heavy atom. The lowest BCUT2D eigenvalue weighted by Crippen LogP contribution is -1.75. The second kappa shape index (κ2) is 3.37. The summed E-state index contributed by atoms with van der Waals surface area (Å²) in [6, 6.07) is 10.1. The maximum atomic E-state index is 4.23. The molecule has 0 amide bonds. The van der Waals surface area contributed by atoms with E-state index in [0.29, 0.717) is 0 Å². The standard InChI is InChI=1S/C9H5BrNS/c10-8-6-12-11-9(8)7-4-2-1-3-5-7/h1-5H. The van der Waals surface area contributed by atoms with Crippen molar-refractivity contribution < 1.29 is 0 Å². The number of rotatable bonds is 1. The third kappa shape index (κ3) is 1.42. The van der Waals surface area contributed by atoms with Gasteiger partial charge in [-0.25, -0.2) is 0 Å². The van der Waals surface area contributed by atoms with Crippen LogP contribution in [0.3, 0.4) is 0 Å². The van der Waals surface area contributed by atoms with Gasteiger partial charge in [0.15, 0.2) is 0 Å². The van der Waals surface area contributed by atoms with E-state index < -0.39 is 0 Å². The van der Waals surface area contributed by atoms with Gasteiger partial charge in [-0.05, 0) is 27.5 Å². The molecule has 0 N–H and O–H groups in total. The summed E-state index contributed by atoms with van der Waals surface area (Å²) in [4.78, 5) is 0. The number of hydrogen-bond acceptors (Lipinski definition) is 2. The molecule has 1 nitrogen and oxygen atoms in total. The monoisotopic (exact) mass is 238 g/mol. The molecule has 1 heterocycles. The van der Waals surface area contributed by atoms with Crippen LogP contribution in [0.15, 0.2) is 34.8 Å². The van der Waals surface area contributed by atoms with Crippen molar-refractivity contribution in [2.24, 2.45) is 0 Å². The maximum Gasteiger partial charge on any atom is 0.0989 e. The number of hydrogen-bond donors (Lipinski definition) is 0. The summed E-state index contributed by atoms with van der Waals surface area (Å²) in [5, 5.41) is 3.01. The van der Waals surface area contributed by atoms with E-state index in [4.69, 9.17) is 0 Å². The van der Waals surface area contributed by atoms with E-state index in [1.54, 1.807) is 0 Å². The average molecular weight is 239 g/mol. The van der Waals surface area contributed by atoms with E-state index in [9.17, 15) is 0 Å². The summed E-state index contributed by atoms with van der Waals surface area (Å²) in [6.45, 7) is 0. The minimum Gasteiger partial charge on any atom is -0.191 e. The van der Waals surface area contributed by atoms with Crippen molar-refractivity contribution in [1.82, 2.24) is 4.37 Å². The fraction of sp³-hybridized carbons (Fsp3) is 0.